The lowest BCUT2D eigenvalue weighted by Crippen LogP contribution is -2.26. The molecule has 4 nitrogen and oxygen atoms in total. The second-order valence-electron chi connectivity index (χ2n) is 10.9. The molecule has 32 heavy (non-hydrogen) atoms. The fourth-order valence-electron chi connectivity index (χ4n) is 4.78. The number of nitrogens with zero attached hydrogens (tertiary/aromatic N) is 1. The average molecular weight is 435 g/mol. The van der Waals surface area contributed by atoms with Gasteiger partial charge in [-0.1, -0.05) is 58.9 Å². The van der Waals surface area contributed by atoms with Gasteiger partial charge < -0.3 is 4.74 Å². The minimum Gasteiger partial charge on any atom is -0.484 e. The number of benzene rings is 2. The van der Waals surface area contributed by atoms with Crippen LogP contribution in [0.2, 0.25) is 0 Å². The van der Waals surface area contributed by atoms with Crippen molar-refractivity contribution in [2.75, 3.05) is 6.61 Å². The molecule has 0 heterocycles. The van der Waals surface area contributed by atoms with Gasteiger partial charge in [0.05, 0.1) is 5.71 Å². The van der Waals surface area contributed by atoms with Crippen LogP contribution in [0, 0.1) is 5.41 Å². The molecule has 0 unspecified atom stereocenters. The Hall–Kier alpha value is -2.62. The Labute approximate surface area is 193 Å². The van der Waals surface area contributed by atoms with Gasteiger partial charge in [-0.15, -0.1) is 0 Å². The molecular formula is C28H38N2O2. The van der Waals surface area contributed by atoms with E-state index in [1.807, 2.05) is 19.1 Å². The summed E-state index contributed by atoms with van der Waals surface area (Å²) >= 11 is 0. The quantitative estimate of drug-likeness (QED) is 0.417. The van der Waals surface area contributed by atoms with E-state index in [0.29, 0.717) is 5.75 Å². The van der Waals surface area contributed by atoms with Gasteiger partial charge in [-0.05, 0) is 90.3 Å². The van der Waals surface area contributed by atoms with Crippen molar-refractivity contribution < 1.29 is 9.53 Å². The third-order valence-corrected chi connectivity index (χ3v) is 6.09. The van der Waals surface area contributed by atoms with E-state index in [4.69, 9.17) is 4.74 Å². The van der Waals surface area contributed by atoms with Gasteiger partial charge >= 0.3 is 0 Å². The van der Waals surface area contributed by atoms with Crippen LogP contribution in [-0.4, -0.2) is 18.2 Å². The predicted octanol–water partition coefficient (Wildman–Crippen LogP) is 6.20. The van der Waals surface area contributed by atoms with Gasteiger partial charge in [-0.25, -0.2) is 5.43 Å². The molecule has 1 N–H and O–H groups in total. The van der Waals surface area contributed by atoms with Crippen LogP contribution in [0.15, 0.2) is 47.6 Å². The largest absolute Gasteiger partial charge is 0.484 e. The van der Waals surface area contributed by atoms with Crippen LogP contribution >= 0.6 is 0 Å². The first kappa shape index (κ1) is 24.0. The van der Waals surface area contributed by atoms with Crippen molar-refractivity contribution >= 4 is 11.6 Å². The SMILES string of the molecule is C/C(=N\NC(=O)COc1ccc(C(C)(C)CC(C)(C)C)cc1)c1ccc2c(c1)CCCC2. The van der Waals surface area contributed by atoms with E-state index in [1.165, 1.54) is 29.5 Å². The van der Waals surface area contributed by atoms with Crippen molar-refractivity contribution in [3.05, 3.63) is 64.7 Å². The van der Waals surface area contributed by atoms with Crippen LogP contribution in [-0.2, 0) is 23.1 Å². The second kappa shape index (κ2) is 9.89. The molecule has 0 fully saturated rings. The van der Waals surface area contributed by atoms with E-state index in [2.05, 4.69) is 75.5 Å². The zero-order valence-corrected chi connectivity index (χ0v) is 20.5. The van der Waals surface area contributed by atoms with Crippen LogP contribution in [0.3, 0.4) is 0 Å². The van der Waals surface area contributed by atoms with Gasteiger partial charge in [-0.2, -0.15) is 5.10 Å². The number of carbonyl (C=O) groups excluding carboxylic acids is 1. The van der Waals surface area contributed by atoms with Gasteiger partial charge in [0, 0.05) is 0 Å². The van der Waals surface area contributed by atoms with Crippen molar-refractivity contribution in [2.24, 2.45) is 10.5 Å². The molecule has 3 rings (SSSR count). The number of fused-ring (bicyclic) bond motifs is 1. The van der Waals surface area contributed by atoms with Crippen molar-refractivity contribution in [2.45, 2.75) is 79.1 Å². The molecule has 172 valence electrons. The fourth-order valence-corrected chi connectivity index (χ4v) is 4.78. The summed E-state index contributed by atoms with van der Waals surface area (Å²) in [5.41, 5.74) is 8.94. The monoisotopic (exact) mass is 434 g/mol. The number of hydrogen-bond acceptors (Lipinski definition) is 3. The van der Waals surface area contributed by atoms with Crippen LogP contribution in [0.4, 0.5) is 0 Å². The molecule has 0 spiro atoms. The first-order chi connectivity index (χ1) is 15.0. The van der Waals surface area contributed by atoms with Crippen LogP contribution < -0.4 is 10.2 Å². The summed E-state index contributed by atoms with van der Waals surface area (Å²) in [7, 11) is 0. The molecule has 2 aromatic carbocycles. The Bertz CT molecular complexity index is 966. The molecule has 0 saturated carbocycles. The highest BCUT2D eigenvalue weighted by atomic mass is 16.5. The summed E-state index contributed by atoms with van der Waals surface area (Å²) in [6, 6.07) is 14.6. The Morgan fingerprint density at radius 1 is 0.969 bits per heavy atom. The Kier molecular flexibility index (Phi) is 7.43. The zero-order valence-electron chi connectivity index (χ0n) is 20.5. The summed E-state index contributed by atoms with van der Waals surface area (Å²) in [5.74, 6) is 0.422. The molecule has 0 bridgehead atoms. The average Bonchev–Trinajstić information content (AvgIpc) is 2.74. The Balaban J connectivity index is 1.52. The first-order valence-electron chi connectivity index (χ1n) is 11.7. The highest BCUT2D eigenvalue weighted by Crippen LogP contribution is 2.36. The van der Waals surface area contributed by atoms with Crippen molar-refractivity contribution in [1.29, 1.82) is 0 Å². The fraction of sp³-hybridized carbons (Fsp3) is 0.500. The third kappa shape index (κ3) is 6.69. The van der Waals surface area contributed by atoms with E-state index in [-0.39, 0.29) is 23.3 Å². The number of hydrogen-bond donors (Lipinski definition) is 1. The molecule has 4 heteroatoms. The highest BCUT2D eigenvalue weighted by molar-refractivity contribution is 5.99. The van der Waals surface area contributed by atoms with E-state index in [0.717, 1.165) is 30.5 Å². The number of aryl methyl sites for hydroxylation is 2. The zero-order chi connectivity index (χ0) is 23.4. The van der Waals surface area contributed by atoms with Crippen molar-refractivity contribution in [1.82, 2.24) is 5.43 Å². The highest BCUT2D eigenvalue weighted by Gasteiger charge is 2.27. The summed E-state index contributed by atoms with van der Waals surface area (Å²) in [6.45, 7) is 13.2. The lowest BCUT2D eigenvalue weighted by Gasteiger charge is -2.33. The summed E-state index contributed by atoms with van der Waals surface area (Å²) in [4.78, 5) is 12.2. The predicted molar refractivity (Wildman–Crippen MR) is 132 cm³/mol. The molecule has 0 radical (unpaired) electrons. The van der Waals surface area contributed by atoms with Crippen LogP contribution in [0.25, 0.3) is 0 Å². The number of nitrogens with one attached hydrogen (secondary N) is 1. The summed E-state index contributed by atoms with van der Waals surface area (Å²) < 4.78 is 5.67. The van der Waals surface area contributed by atoms with Crippen LogP contribution in [0.1, 0.15) is 83.1 Å². The minimum atomic E-state index is -0.264. The van der Waals surface area contributed by atoms with Gasteiger partial charge in [-0.3, -0.25) is 4.79 Å². The topological polar surface area (TPSA) is 50.7 Å². The number of carbonyl (C=O) groups is 1. The van der Waals surface area contributed by atoms with Gasteiger partial charge in [0.15, 0.2) is 6.61 Å². The number of ether oxygens (including phenoxy) is 1. The molecule has 0 saturated heterocycles. The third-order valence-electron chi connectivity index (χ3n) is 6.09. The Morgan fingerprint density at radius 2 is 1.62 bits per heavy atom. The van der Waals surface area contributed by atoms with Gasteiger partial charge in [0.25, 0.3) is 5.91 Å². The number of amides is 1. The number of hydrazone groups is 1. The molecule has 0 aliphatic heterocycles. The summed E-state index contributed by atoms with van der Waals surface area (Å²) in [5, 5.41) is 4.27. The molecular weight excluding hydrogens is 396 g/mol. The molecule has 2 aromatic rings. The maximum atomic E-state index is 12.2. The summed E-state index contributed by atoms with van der Waals surface area (Å²) in [6.07, 6.45) is 5.89. The normalized spacial score (nSPS) is 14.6. The molecule has 1 aliphatic carbocycles. The second-order valence-corrected chi connectivity index (χ2v) is 10.9. The van der Waals surface area contributed by atoms with E-state index < -0.39 is 0 Å². The molecule has 0 aromatic heterocycles. The lowest BCUT2D eigenvalue weighted by atomic mass is 9.72. The van der Waals surface area contributed by atoms with E-state index in [9.17, 15) is 4.79 Å². The van der Waals surface area contributed by atoms with Crippen molar-refractivity contribution in [3.63, 3.8) is 0 Å². The van der Waals surface area contributed by atoms with Crippen molar-refractivity contribution in [3.8, 4) is 5.75 Å². The minimum absolute atomic E-state index is 0.0638. The molecule has 1 aliphatic rings. The van der Waals surface area contributed by atoms with Gasteiger partial charge in [0.2, 0.25) is 0 Å². The first-order valence-corrected chi connectivity index (χ1v) is 11.7. The van der Waals surface area contributed by atoms with Crippen LogP contribution in [0.5, 0.6) is 5.75 Å². The lowest BCUT2D eigenvalue weighted by molar-refractivity contribution is -0.123. The Morgan fingerprint density at radius 3 is 2.28 bits per heavy atom. The number of rotatable bonds is 7. The van der Waals surface area contributed by atoms with Gasteiger partial charge in [0.1, 0.15) is 5.75 Å². The maximum absolute atomic E-state index is 12.2. The molecule has 1 amide bonds. The molecule has 0 atom stereocenters. The standard InChI is InChI=1S/C28H38N2O2/c1-20(22-12-11-21-9-7-8-10-23(21)17-22)29-30-26(31)18-32-25-15-13-24(14-16-25)28(5,6)19-27(2,3)4/h11-17H,7-10,18-19H2,1-6H3,(H,30,31)/b29-20+. The maximum Gasteiger partial charge on any atom is 0.277 e. The van der Waals surface area contributed by atoms with E-state index in [1.54, 1.807) is 0 Å². The van der Waals surface area contributed by atoms with E-state index >= 15 is 0 Å². The smallest absolute Gasteiger partial charge is 0.277 e.